The number of nitrogens with zero attached hydrogens (tertiary/aromatic N) is 5. The summed E-state index contributed by atoms with van der Waals surface area (Å²) in [5, 5.41) is 4.36. The van der Waals surface area contributed by atoms with E-state index in [-0.39, 0.29) is 0 Å². The van der Waals surface area contributed by atoms with Gasteiger partial charge in [0.1, 0.15) is 5.52 Å². The summed E-state index contributed by atoms with van der Waals surface area (Å²) in [5.74, 6) is 0.504. The first-order valence-electron chi connectivity index (χ1n) is 6.21. The van der Waals surface area contributed by atoms with Crippen molar-refractivity contribution < 1.29 is 0 Å². The number of pyridine rings is 1. The molecule has 0 fully saturated rings. The Morgan fingerprint density at radius 2 is 2.05 bits per heavy atom. The highest BCUT2D eigenvalue weighted by Crippen LogP contribution is 2.16. The van der Waals surface area contributed by atoms with Crippen molar-refractivity contribution in [1.82, 2.24) is 24.3 Å². The van der Waals surface area contributed by atoms with Crippen LogP contribution in [0.5, 0.6) is 0 Å². The number of hydrogen-bond acceptors (Lipinski definition) is 4. The Morgan fingerprint density at radius 1 is 1.21 bits per heavy atom. The lowest BCUT2D eigenvalue weighted by Crippen LogP contribution is -2.07. The van der Waals surface area contributed by atoms with Crippen LogP contribution in [0.2, 0.25) is 0 Å². The van der Waals surface area contributed by atoms with Gasteiger partial charge in [0, 0.05) is 31.9 Å². The average molecular weight is 256 g/mol. The molecule has 3 rings (SSSR count). The fourth-order valence-corrected chi connectivity index (χ4v) is 2.16. The molecule has 2 N–H and O–H groups in total. The number of aromatic nitrogens is 5. The molecule has 0 unspecified atom stereocenters. The minimum absolute atomic E-state index is 0.504. The second-order valence-electron chi connectivity index (χ2n) is 4.65. The first kappa shape index (κ1) is 11.7. The summed E-state index contributed by atoms with van der Waals surface area (Å²) >= 11 is 0. The van der Waals surface area contributed by atoms with E-state index in [9.17, 15) is 0 Å². The van der Waals surface area contributed by atoms with Crippen molar-refractivity contribution in [1.29, 1.82) is 0 Å². The van der Waals surface area contributed by atoms with Gasteiger partial charge >= 0.3 is 0 Å². The molecule has 6 nitrogen and oxygen atoms in total. The molecule has 19 heavy (non-hydrogen) atoms. The molecule has 0 aromatic carbocycles. The number of rotatable bonds is 3. The highest BCUT2D eigenvalue weighted by atomic mass is 15.2. The predicted molar refractivity (Wildman–Crippen MR) is 73.6 cm³/mol. The number of hydrogen-bond donors (Lipinski definition) is 1. The molecule has 0 bridgehead atoms. The Labute approximate surface area is 110 Å². The number of nitrogen functional groups attached to an aromatic ring is 1. The Bertz CT molecular complexity index is 724. The molecular weight excluding hydrogens is 240 g/mol. The zero-order valence-corrected chi connectivity index (χ0v) is 11.0. The molecule has 0 amide bonds. The monoisotopic (exact) mass is 256 g/mol. The Kier molecular flexibility index (Phi) is 2.70. The highest BCUT2D eigenvalue weighted by molar-refractivity contribution is 5.74. The summed E-state index contributed by atoms with van der Waals surface area (Å²) in [6.45, 7) is 2.70. The van der Waals surface area contributed by atoms with Crippen molar-refractivity contribution in [3.8, 4) is 0 Å². The third-order valence-electron chi connectivity index (χ3n) is 3.12. The zero-order chi connectivity index (χ0) is 13.4. The Hall–Kier alpha value is -2.37. The summed E-state index contributed by atoms with van der Waals surface area (Å²) in [6, 6.07) is 5.90. The van der Waals surface area contributed by atoms with E-state index in [1.807, 2.05) is 42.9 Å². The largest absolute Gasteiger partial charge is 0.369 e. The van der Waals surface area contributed by atoms with E-state index in [4.69, 9.17) is 5.73 Å². The maximum atomic E-state index is 5.96. The van der Waals surface area contributed by atoms with Crippen LogP contribution < -0.4 is 5.73 Å². The second-order valence-corrected chi connectivity index (χ2v) is 4.65. The molecule has 3 aromatic heterocycles. The minimum Gasteiger partial charge on any atom is -0.369 e. The summed E-state index contributed by atoms with van der Waals surface area (Å²) in [7, 11) is 1.91. The topological polar surface area (TPSA) is 74.5 Å². The van der Waals surface area contributed by atoms with Crippen LogP contribution in [0.1, 0.15) is 11.4 Å². The standard InChI is InChI=1S/C13H16N6/c1-9-3-4-11-12(15-9)19(13(14)16-11)8-6-10-5-7-18(2)17-10/h3-5,7H,6,8H2,1-2H3,(H2,14,16). The van der Waals surface area contributed by atoms with Gasteiger partial charge in [-0.2, -0.15) is 5.10 Å². The lowest BCUT2D eigenvalue weighted by atomic mass is 10.3. The molecule has 0 saturated carbocycles. The molecule has 0 saturated heterocycles. The number of nitrogens with two attached hydrogens (primary N) is 1. The van der Waals surface area contributed by atoms with Gasteiger partial charge in [0.15, 0.2) is 5.65 Å². The zero-order valence-electron chi connectivity index (χ0n) is 11.0. The minimum atomic E-state index is 0.504. The lowest BCUT2D eigenvalue weighted by Gasteiger charge is -2.04. The summed E-state index contributed by atoms with van der Waals surface area (Å²) in [5.41, 5.74) is 9.64. The highest BCUT2D eigenvalue weighted by Gasteiger charge is 2.10. The molecule has 3 heterocycles. The van der Waals surface area contributed by atoms with Crippen molar-refractivity contribution in [3.63, 3.8) is 0 Å². The quantitative estimate of drug-likeness (QED) is 0.766. The first-order valence-corrected chi connectivity index (χ1v) is 6.21. The fourth-order valence-electron chi connectivity index (χ4n) is 2.16. The lowest BCUT2D eigenvalue weighted by molar-refractivity contribution is 0.679. The van der Waals surface area contributed by atoms with Crippen molar-refractivity contribution in [2.75, 3.05) is 5.73 Å². The number of imidazole rings is 1. The van der Waals surface area contributed by atoms with Gasteiger partial charge in [0.25, 0.3) is 0 Å². The van der Waals surface area contributed by atoms with Crippen molar-refractivity contribution in [2.24, 2.45) is 7.05 Å². The number of aryl methyl sites for hydroxylation is 4. The SMILES string of the molecule is Cc1ccc2nc(N)n(CCc3ccn(C)n3)c2n1. The molecule has 6 heteroatoms. The molecule has 0 aliphatic carbocycles. The van der Waals surface area contributed by atoms with E-state index in [1.165, 1.54) is 0 Å². The van der Waals surface area contributed by atoms with Gasteiger partial charge in [-0.3, -0.25) is 9.25 Å². The smallest absolute Gasteiger partial charge is 0.202 e. The van der Waals surface area contributed by atoms with E-state index in [0.29, 0.717) is 5.95 Å². The van der Waals surface area contributed by atoms with Gasteiger partial charge in [0.2, 0.25) is 5.95 Å². The molecule has 3 aromatic rings. The van der Waals surface area contributed by atoms with Gasteiger partial charge in [-0.15, -0.1) is 0 Å². The molecule has 98 valence electrons. The maximum absolute atomic E-state index is 5.96. The van der Waals surface area contributed by atoms with Crippen LogP contribution in [0.15, 0.2) is 24.4 Å². The van der Waals surface area contributed by atoms with E-state index in [1.54, 1.807) is 4.68 Å². The normalized spacial score (nSPS) is 11.3. The summed E-state index contributed by atoms with van der Waals surface area (Å²) in [6.07, 6.45) is 2.75. The molecule has 0 atom stereocenters. The van der Waals surface area contributed by atoms with Crippen LogP contribution in [0.25, 0.3) is 11.2 Å². The average Bonchev–Trinajstić information content (AvgIpc) is 2.90. The molecule has 0 aliphatic heterocycles. The third kappa shape index (κ3) is 2.16. The molecule has 0 radical (unpaired) electrons. The van der Waals surface area contributed by atoms with E-state index >= 15 is 0 Å². The van der Waals surface area contributed by atoms with Crippen molar-refractivity contribution in [3.05, 3.63) is 35.8 Å². The van der Waals surface area contributed by atoms with E-state index < -0.39 is 0 Å². The van der Waals surface area contributed by atoms with E-state index in [0.717, 1.165) is 35.5 Å². The van der Waals surface area contributed by atoms with E-state index in [2.05, 4.69) is 15.1 Å². The molecular formula is C13H16N6. The number of anilines is 1. The molecule has 0 aliphatic rings. The predicted octanol–water partition coefficient (Wildman–Crippen LogP) is 1.30. The van der Waals surface area contributed by atoms with Crippen LogP contribution in [0.3, 0.4) is 0 Å². The maximum Gasteiger partial charge on any atom is 0.202 e. The van der Waals surface area contributed by atoms with Gasteiger partial charge < -0.3 is 5.73 Å². The van der Waals surface area contributed by atoms with Crippen molar-refractivity contribution in [2.45, 2.75) is 19.9 Å². The third-order valence-corrected chi connectivity index (χ3v) is 3.12. The van der Waals surface area contributed by atoms with Crippen LogP contribution in [0.4, 0.5) is 5.95 Å². The van der Waals surface area contributed by atoms with Gasteiger partial charge in [0.05, 0.1) is 5.69 Å². The number of fused-ring (bicyclic) bond motifs is 1. The fraction of sp³-hybridized carbons (Fsp3) is 0.308. The van der Waals surface area contributed by atoms with Crippen LogP contribution in [-0.2, 0) is 20.0 Å². The van der Waals surface area contributed by atoms with Crippen LogP contribution >= 0.6 is 0 Å². The Morgan fingerprint density at radius 3 is 2.79 bits per heavy atom. The van der Waals surface area contributed by atoms with Crippen LogP contribution in [-0.4, -0.2) is 24.3 Å². The Balaban J connectivity index is 1.91. The van der Waals surface area contributed by atoms with Crippen LogP contribution in [0, 0.1) is 6.92 Å². The first-order chi connectivity index (χ1) is 9.13. The van der Waals surface area contributed by atoms with Crippen molar-refractivity contribution >= 4 is 17.1 Å². The summed E-state index contributed by atoms with van der Waals surface area (Å²) in [4.78, 5) is 8.83. The van der Waals surface area contributed by atoms with Gasteiger partial charge in [-0.25, -0.2) is 9.97 Å². The summed E-state index contributed by atoms with van der Waals surface area (Å²) < 4.78 is 3.74. The molecule has 0 spiro atoms. The van der Waals surface area contributed by atoms with Gasteiger partial charge in [-0.1, -0.05) is 0 Å². The van der Waals surface area contributed by atoms with Gasteiger partial charge in [-0.05, 0) is 25.1 Å². The second kappa shape index (κ2) is 4.38.